The summed E-state index contributed by atoms with van der Waals surface area (Å²) in [4.78, 5) is 24.5. The number of esters is 1. The minimum atomic E-state index is -0.841. The summed E-state index contributed by atoms with van der Waals surface area (Å²) in [6.45, 7) is 4.89. The van der Waals surface area contributed by atoms with Gasteiger partial charge in [0.2, 0.25) is 5.91 Å². The van der Waals surface area contributed by atoms with E-state index in [1.165, 1.54) is 283 Å². The van der Waals surface area contributed by atoms with Gasteiger partial charge in [0, 0.05) is 12.8 Å². The molecule has 0 fully saturated rings. The van der Waals surface area contributed by atoms with Crippen LogP contribution in [-0.4, -0.2) is 47.4 Å². The van der Waals surface area contributed by atoms with Crippen LogP contribution in [0.2, 0.25) is 0 Å². The van der Waals surface area contributed by atoms with E-state index in [4.69, 9.17) is 4.74 Å². The molecule has 0 rings (SSSR count). The van der Waals surface area contributed by atoms with E-state index in [2.05, 4.69) is 43.5 Å². The van der Waals surface area contributed by atoms with Crippen LogP contribution in [0.1, 0.15) is 354 Å². The number of aliphatic hydroxyl groups is 2. The molecule has 0 aliphatic rings. The van der Waals surface area contributed by atoms with Crippen molar-refractivity contribution in [3.05, 3.63) is 36.5 Å². The molecule has 6 heteroatoms. The fourth-order valence-electron chi connectivity index (χ4n) is 10.1. The molecule has 2 unspecified atom stereocenters. The molecule has 6 nitrogen and oxygen atoms in total. The van der Waals surface area contributed by atoms with Crippen molar-refractivity contribution in [3.63, 3.8) is 0 Å². The predicted molar refractivity (Wildman–Crippen MR) is 319 cm³/mol. The first-order chi connectivity index (χ1) is 36.0. The number of allylic oxidation sites excluding steroid dienone is 5. The molecule has 0 saturated heterocycles. The lowest BCUT2D eigenvalue weighted by Crippen LogP contribution is -2.45. The Hall–Kier alpha value is -1.92. The van der Waals surface area contributed by atoms with Crippen LogP contribution in [-0.2, 0) is 14.3 Å². The Morgan fingerprint density at radius 3 is 0.973 bits per heavy atom. The number of carbonyl (C=O) groups excluding carboxylic acids is 2. The van der Waals surface area contributed by atoms with Gasteiger partial charge in [0.25, 0.3) is 0 Å². The highest BCUT2D eigenvalue weighted by Gasteiger charge is 2.18. The summed E-state index contributed by atoms with van der Waals surface area (Å²) in [7, 11) is 0. The van der Waals surface area contributed by atoms with Crippen molar-refractivity contribution in [2.75, 3.05) is 13.2 Å². The van der Waals surface area contributed by atoms with Crippen molar-refractivity contribution < 1.29 is 24.5 Å². The first kappa shape index (κ1) is 71.1. The van der Waals surface area contributed by atoms with Gasteiger partial charge < -0.3 is 20.3 Å². The monoisotopic (exact) mass is 1030 g/mol. The molecule has 0 aromatic carbocycles. The second kappa shape index (κ2) is 62.6. The van der Waals surface area contributed by atoms with Crippen LogP contribution in [0.3, 0.4) is 0 Å². The number of nitrogens with one attached hydrogen (secondary N) is 1. The number of hydrogen-bond acceptors (Lipinski definition) is 5. The van der Waals surface area contributed by atoms with Crippen molar-refractivity contribution in [2.45, 2.75) is 366 Å². The van der Waals surface area contributed by atoms with Gasteiger partial charge in [-0.15, -0.1) is 0 Å². The van der Waals surface area contributed by atoms with Gasteiger partial charge in [-0.3, -0.25) is 9.59 Å². The highest BCUT2D eigenvalue weighted by molar-refractivity contribution is 5.76. The van der Waals surface area contributed by atoms with E-state index in [1.807, 2.05) is 6.08 Å². The molecule has 0 radical (unpaired) electrons. The third kappa shape index (κ3) is 59.2. The van der Waals surface area contributed by atoms with E-state index in [-0.39, 0.29) is 18.5 Å². The number of ether oxygens (including phenoxy) is 1. The summed E-state index contributed by atoms with van der Waals surface area (Å²) in [5, 5.41) is 23.0. The minimum absolute atomic E-state index is 0.00944. The van der Waals surface area contributed by atoms with Gasteiger partial charge in [0.05, 0.1) is 25.4 Å². The van der Waals surface area contributed by atoms with Crippen molar-refractivity contribution in [1.82, 2.24) is 5.32 Å². The van der Waals surface area contributed by atoms with Crippen LogP contribution in [0, 0.1) is 0 Å². The molecule has 0 aliphatic carbocycles. The van der Waals surface area contributed by atoms with E-state index in [0.29, 0.717) is 19.4 Å². The number of aliphatic hydroxyl groups excluding tert-OH is 2. The maximum Gasteiger partial charge on any atom is 0.305 e. The van der Waals surface area contributed by atoms with E-state index in [1.54, 1.807) is 6.08 Å². The lowest BCUT2D eigenvalue weighted by Gasteiger charge is -2.20. The summed E-state index contributed by atoms with van der Waals surface area (Å²) >= 11 is 0. The van der Waals surface area contributed by atoms with E-state index < -0.39 is 12.1 Å². The summed E-state index contributed by atoms with van der Waals surface area (Å²) in [6.07, 6.45) is 79.3. The van der Waals surface area contributed by atoms with E-state index >= 15 is 0 Å². The molecule has 3 N–H and O–H groups in total. The average Bonchev–Trinajstić information content (AvgIpc) is 3.39. The first-order valence-electron chi connectivity index (χ1n) is 32.8. The first-order valence-corrected chi connectivity index (χ1v) is 32.8. The van der Waals surface area contributed by atoms with Gasteiger partial charge in [-0.25, -0.2) is 0 Å². The molecule has 1 amide bonds. The van der Waals surface area contributed by atoms with Crippen molar-refractivity contribution >= 4 is 11.9 Å². The molecule has 0 aromatic heterocycles. The molecule has 0 bridgehead atoms. The van der Waals surface area contributed by atoms with Crippen LogP contribution >= 0.6 is 0 Å². The maximum atomic E-state index is 12.4. The number of amides is 1. The summed E-state index contributed by atoms with van der Waals surface area (Å²) in [5.41, 5.74) is 0. The lowest BCUT2D eigenvalue weighted by molar-refractivity contribution is -0.143. The molecule has 2 atom stereocenters. The maximum absolute atomic E-state index is 12.4. The normalized spacial score (nSPS) is 12.8. The number of rotatable bonds is 61. The van der Waals surface area contributed by atoms with Gasteiger partial charge in [0.1, 0.15) is 0 Å². The highest BCUT2D eigenvalue weighted by atomic mass is 16.5. The molecular formula is C67H127NO5. The third-order valence-electron chi connectivity index (χ3n) is 15.1. The summed E-state index contributed by atoms with van der Waals surface area (Å²) in [5.74, 6) is -0.0576. The van der Waals surface area contributed by atoms with Gasteiger partial charge in [-0.05, 0) is 83.5 Å². The summed E-state index contributed by atoms with van der Waals surface area (Å²) in [6, 6.07) is -0.624. The quantitative estimate of drug-likeness (QED) is 0.0320. The Balaban J connectivity index is 3.35. The zero-order valence-electron chi connectivity index (χ0n) is 49.1. The third-order valence-corrected chi connectivity index (χ3v) is 15.1. The molecule has 0 saturated carbocycles. The fraction of sp³-hybridized carbons (Fsp3) is 0.881. The smallest absolute Gasteiger partial charge is 0.305 e. The largest absolute Gasteiger partial charge is 0.466 e. The zero-order chi connectivity index (χ0) is 52.9. The van der Waals surface area contributed by atoms with Crippen molar-refractivity contribution in [3.8, 4) is 0 Å². The second-order valence-electron chi connectivity index (χ2n) is 22.4. The Morgan fingerprint density at radius 2 is 0.644 bits per heavy atom. The Labute approximate surface area is 455 Å². The summed E-state index contributed by atoms with van der Waals surface area (Å²) < 4.78 is 5.49. The van der Waals surface area contributed by atoms with E-state index in [0.717, 1.165) is 44.9 Å². The zero-order valence-corrected chi connectivity index (χ0v) is 49.1. The van der Waals surface area contributed by atoms with Crippen molar-refractivity contribution in [1.29, 1.82) is 0 Å². The Morgan fingerprint density at radius 1 is 0.370 bits per heavy atom. The lowest BCUT2D eigenvalue weighted by atomic mass is 10.0. The highest BCUT2D eigenvalue weighted by Crippen LogP contribution is 2.17. The molecule has 73 heavy (non-hydrogen) atoms. The molecular weight excluding hydrogens is 899 g/mol. The van der Waals surface area contributed by atoms with Crippen molar-refractivity contribution in [2.24, 2.45) is 0 Å². The predicted octanol–water partition coefficient (Wildman–Crippen LogP) is 20.8. The van der Waals surface area contributed by atoms with Gasteiger partial charge in [0.15, 0.2) is 0 Å². The van der Waals surface area contributed by atoms with E-state index in [9.17, 15) is 19.8 Å². The molecule has 0 spiro atoms. The van der Waals surface area contributed by atoms with Crippen LogP contribution < -0.4 is 5.32 Å². The molecule has 430 valence electrons. The molecule has 0 aliphatic heterocycles. The minimum Gasteiger partial charge on any atom is -0.466 e. The van der Waals surface area contributed by atoms with Crippen LogP contribution in [0.5, 0.6) is 0 Å². The SMILES string of the molecule is CCCCCCCC/C=C\CCCCCCCC(=O)OCCCCCCCCCCCCCC/C=C\CCCCCCCCCCCCCCCCCC(=O)NC(CO)C(O)/C=C/CCCCCCCCCC. The fourth-order valence-corrected chi connectivity index (χ4v) is 10.1. The second-order valence-corrected chi connectivity index (χ2v) is 22.4. The van der Waals surface area contributed by atoms with Gasteiger partial charge >= 0.3 is 5.97 Å². The van der Waals surface area contributed by atoms with Gasteiger partial charge in [-0.1, -0.05) is 294 Å². The molecule has 0 heterocycles. The molecule has 0 aromatic rings. The number of carbonyl (C=O) groups is 2. The average molecular weight is 1030 g/mol. The standard InChI is InChI=1S/C67H127NO5/c1-3-5-7-9-11-13-15-16-34-38-41-45-49-53-57-61-67(72)73-62-58-54-50-46-42-39-36-33-31-29-27-25-23-21-19-17-18-20-22-24-26-28-30-32-35-37-40-44-48-52-56-60-66(71)68-64(63-69)65(70)59-55-51-47-43-14-12-10-8-6-4-2/h16,19,21,34,55,59,64-65,69-70H,3-15,17-18,20,22-33,35-54,56-58,60-63H2,1-2H3,(H,68,71)/b21-19-,34-16-,59-55+. The Bertz CT molecular complexity index is 1180. The Kier molecular flexibility index (Phi) is 61.0. The number of hydrogen-bond donors (Lipinski definition) is 3. The van der Waals surface area contributed by atoms with Gasteiger partial charge in [-0.2, -0.15) is 0 Å². The van der Waals surface area contributed by atoms with Crippen LogP contribution in [0.4, 0.5) is 0 Å². The topological polar surface area (TPSA) is 95.9 Å². The van der Waals surface area contributed by atoms with Crippen LogP contribution in [0.25, 0.3) is 0 Å². The number of unbranched alkanes of at least 4 members (excludes halogenated alkanes) is 46. The van der Waals surface area contributed by atoms with Crippen LogP contribution in [0.15, 0.2) is 36.5 Å².